The van der Waals surface area contributed by atoms with Gasteiger partial charge in [-0.2, -0.15) is 0 Å². The van der Waals surface area contributed by atoms with Crippen molar-refractivity contribution < 1.29 is 24.5 Å². The van der Waals surface area contributed by atoms with Gasteiger partial charge in [0.25, 0.3) is 0 Å². The quantitative estimate of drug-likeness (QED) is 0.696. The van der Waals surface area contributed by atoms with Gasteiger partial charge in [0.1, 0.15) is 6.04 Å². The number of ether oxygens (including phenoxy) is 1. The molecular weight excluding hydrogens is 264 g/mol. The number of rotatable bonds is 4. The molecule has 116 valence electrons. The van der Waals surface area contributed by atoms with Crippen LogP contribution in [0.4, 0.5) is 4.79 Å². The highest BCUT2D eigenvalue weighted by Crippen LogP contribution is 2.27. The maximum Gasteiger partial charge on any atom is 0.326 e. The second kappa shape index (κ2) is 5.97. The average molecular weight is 288 g/mol. The topological polar surface area (TPSA) is 99.1 Å². The van der Waals surface area contributed by atoms with Crippen LogP contribution in [0.15, 0.2) is 0 Å². The number of morpholine rings is 1. The lowest BCUT2D eigenvalue weighted by Crippen LogP contribution is -2.61. The summed E-state index contributed by atoms with van der Waals surface area (Å²) in [5, 5.41) is 20.2. The Morgan fingerprint density at radius 2 is 1.75 bits per heavy atom. The maximum absolute atomic E-state index is 12.2. The number of nitrogens with zero attached hydrogens (tertiary/aromatic N) is 1. The van der Waals surface area contributed by atoms with Crippen molar-refractivity contribution >= 4 is 12.0 Å². The molecule has 7 nitrogen and oxygen atoms in total. The van der Waals surface area contributed by atoms with Crippen molar-refractivity contribution in [3.63, 3.8) is 0 Å². The van der Waals surface area contributed by atoms with E-state index in [-0.39, 0.29) is 13.0 Å². The van der Waals surface area contributed by atoms with Crippen molar-refractivity contribution in [1.82, 2.24) is 10.2 Å². The fourth-order valence-corrected chi connectivity index (χ4v) is 2.56. The normalized spacial score (nSPS) is 22.1. The third kappa shape index (κ3) is 4.64. The fraction of sp³-hybridized carbons (Fsp3) is 0.846. The Morgan fingerprint density at radius 1 is 1.25 bits per heavy atom. The largest absolute Gasteiger partial charge is 0.480 e. The smallest absolute Gasteiger partial charge is 0.326 e. The lowest BCUT2D eigenvalue weighted by atomic mass is 9.99. The van der Waals surface area contributed by atoms with E-state index in [1.165, 1.54) is 0 Å². The van der Waals surface area contributed by atoms with Crippen LogP contribution in [0.2, 0.25) is 0 Å². The third-order valence-electron chi connectivity index (χ3n) is 3.00. The van der Waals surface area contributed by atoms with Crippen LogP contribution in [0.1, 0.15) is 34.1 Å². The van der Waals surface area contributed by atoms with E-state index in [1.54, 1.807) is 4.90 Å². The van der Waals surface area contributed by atoms with Crippen LogP contribution in [0, 0.1) is 0 Å². The van der Waals surface area contributed by atoms with Gasteiger partial charge in [0.05, 0.1) is 24.3 Å². The van der Waals surface area contributed by atoms with Crippen molar-refractivity contribution in [3.05, 3.63) is 0 Å². The Bertz CT molecular complexity index is 365. The lowest BCUT2D eigenvalue weighted by molar-refractivity contribution is -0.170. The van der Waals surface area contributed by atoms with Gasteiger partial charge >= 0.3 is 12.0 Å². The van der Waals surface area contributed by atoms with Gasteiger partial charge in [-0.15, -0.1) is 0 Å². The van der Waals surface area contributed by atoms with Gasteiger partial charge in [-0.05, 0) is 27.7 Å². The SMILES string of the molecule is CC1(C)CN(C(=O)NC(CCO)C(=O)O)CC(C)(C)O1. The van der Waals surface area contributed by atoms with E-state index < -0.39 is 29.2 Å². The number of nitrogens with one attached hydrogen (secondary N) is 1. The summed E-state index contributed by atoms with van der Waals surface area (Å²) in [6.45, 7) is 8.01. The van der Waals surface area contributed by atoms with Crippen LogP contribution in [0.5, 0.6) is 0 Å². The van der Waals surface area contributed by atoms with E-state index in [0.717, 1.165) is 0 Å². The molecule has 0 spiro atoms. The zero-order chi connectivity index (χ0) is 15.6. The number of hydrogen-bond donors (Lipinski definition) is 3. The molecule has 0 bridgehead atoms. The molecule has 0 aromatic heterocycles. The van der Waals surface area contributed by atoms with Crippen molar-refractivity contribution in [3.8, 4) is 0 Å². The summed E-state index contributed by atoms with van der Waals surface area (Å²) in [6.07, 6.45) is -0.0157. The molecule has 1 aliphatic rings. The third-order valence-corrected chi connectivity index (χ3v) is 3.00. The minimum Gasteiger partial charge on any atom is -0.480 e. The Kier molecular flexibility index (Phi) is 4.99. The molecule has 20 heavy (non-hydrogen) atoms. The van der Waals surface area contributed by atoms with E-state index in [9.17, 15) is 9.59 Å². The van der Waals surface area contributed by atoms with Crippen molar-refractivity contribution in [1.29, 1.82) is 0 Å². The zero-order valence-corrected chi connectivity index (χ0v) is 12.5. The summed E-state index contributed by atoms with van der Waals surface area (Å²) in [7, 11) is 0. The van der Waals surface area contributed by atoms with Gasteiger partial charge in [-0.25, -0.2) is 9.59 Å². The number of carbonyl (C=O) groups excluding carboxylic acids is 1. The molecule has 2 amide bonds. The predicted octanol–water partition coefficient (Wildman–Crippen LogP) is 0.421. The summed E-state index contributed by atoms with van der Waals surface area (Å²) in [5.41, 5.74) is -0.983. The molecule has 3 N–H and O–H groups in total. The molecule has 0 aromatic rings. The number of carboxylic acid groups (broad SMARTS) is 1. The van der Waals surface area contributed by atoms with E-state index >= 15 is 0 Å². The molecular formula is C13H24N2O5. The van der Waals surface area contributed by atoms with E-state index in [1.807, 2.05) is 27.7 Å². The number of aliphatic hydroxyl groups excluding tert-OH is 1. The van der Waals surface area contributed by atoms with Crippen molar-refractivity contribution in [2.45, 2.75) is 51.4 Å². The molecule has 1 unspecified atom stereocenters. The molecule has 1 aliphatic heterocycles. The number of urea groups is 1. The summed E-state index contributed by atoms with van der Waals surface area (Å²) in [6, 6.07) is -1.53. The van der Waals surface area contributed by atoms with Gasteiger partial charge < -0.3 is 25.2 Å². The first-order chi connectivity index (χ1) is 9.06. The molecule has 0 aliphatic carbocycles. The minimum atomic E-state index is -1.15. The summed E-state index contributed by atoms with van der Waals surface area (Å²) < 4.78 is 5.86. The summed E-state index contributed by atoms with van der Waals surface area (Å²) in [4.78, 5) is 24.7. The van der Waals surface area contributed by atoms with Crippen LogP contribution < -0.4 is 5.32 Å². The molecule has 1 saturated heterocycles. The van der Waals surface area contributed by atoms with E-state index in [4.69, 9.17) is 14.9 Å². The summed E-state index contributed by atoms with van der Waals surface area (Å²) in [5.74, 6) is -1.15. The van der Waals surface area contributed by atoms with Crippen LogP contribution in [-0.2, 0) is 9.53 Å². The first-order valence-electron chi connectivity index (χ1n) is 6.66. The minimum absolute atomic E-state index is 0.0157. The monoisotopic (exact) mass is 288 g/mol. The van der Waals surface area contributed by atoms with Gasteiger partial charge in [0.2, 0.25) is 0 Å². The zero-order valence-electron chi connectivity index (χ0n) is 12.5. The lowest BCUT2D eigenvalue weighted by Gasteiger charge is -2.47. The number of carboxylic acids is 1. The number of aliphatic carboxylic acids is 1. The molecule has 1 heterocycles. The number of hydrogen-bond acceptors (Lipinski definition) is 4. The molecule has 0 aromatic carbocycles. The first kappa shape index (κ1) is 16.7. The molecule has 0 radical (unpaired) electrons. The highest BCUT2D eigenvalue weighted by molar-refractivity contribution is 5.82. The van der Waals surface area contributed by atoms with Crippen LogP contribution in [0.25, 0.3) is 0 Å². The van der Waals surface area contributed by atoms with Gasteiger partial charge in [-0.3, -0.25) is 0 Å². The standard InChI is InChI=1S/C13H24N2O5/c1-12(2)7-15(8-13(3,4)20-12)11(19)14-9(5-6-16)10(17)18/h9,16H,5-8H2,1-4H3,(H,14,19)(H,17,18). The highest BCUT2D eigenvalue weighted by Gasteiger charge is 2.40. The number of carbonyl (C=O) groups is 2. The molecule has 1 rings (SSSR count). The van der Waals surface area contributed by atoms with Gasteiger partial charge in [0.15, 0.2) is 0 Å². The van der Waals surface area contributed by atoms with Gasteiger partial charge in [0, 0.05) is 13.0 Å². The average Bonchev–Trinajstić information content (AvgIpc) is 2.23. The Balaban J connectivity index is 2.73. The number of aliphatic hydroxyl groups is 1. The van der Waals surface area contributed by atoms with E-state index in [0.29, 0.717) is 13.1 Å². The molecule has 1 atom stereocenters. The highest BCUT2D eigenvalue weighted by atomic mass is 16.5. The second-order valence-electron chi connectivity index (χ2n) is 6.33. The second-order valence-corrected chi connectivity index (χ2v) is 6.33. The van der Waals surface area contributed by atoms with Crippen molar-refractivity contribution in [2.75, 3.05) is 19.7 Å². The van der Waals surface area contributed by atoms with Crippen LogP contribution >= 0.6 is 0 Å². The Hall–Kier alpha value is -1.34. The molecule has 0 saturated carbocycles. The maximum atomic E-state index is 12.2. The van der Waals surface area contributed by atoms with Crippen LogP contribution in [0.3, 0.4) is 0 Å². The Labute approximate surface area is 118 Å². The van der Waals surface area contributed by atoms with Gasteiger partial charge in [-0.1, -0.05) is 0 Å². The molecule has 7 heteroatoms. The summed E-state index contributed by atoms with van der Waals surface area (Å²) >= 11 is 0. The van der Waals surface area contributed by atoms with E-state index in [2.05, 4.69) is 5.32 Å². The first-order valence-corrected chi connectivity index (χ1v) is 6.66. The van der Waals surface area contributed by atoms with Crippen LogP contribution in [-0.4, -0.2) is 64.1 Å². The predicted molar refractivity (Wildman–Crippen MR) is 72.5 cm³/mol. The van der Waals surface area contributed by atoms with Crippen molar-refractivity contribution in [2.24, 2.45) is 0 Å². The Morgan fingerprint density at radius 3 is 2.15 bits per heavy atom. The number of amides is 2. The molecule has 1 fully saturated rings. The fourth-order valence-electron chi connectivity index (χ4n) is 2.56.